The summed E-state index contributed by atoms with van der Waals surface area (Å²) in [5, 5.41) is 8.45. The molecule has 0 unspecified atom stereocenters. The Balaban J connectivity index is 1.78. The SMILES string of the molecule is Cc1nn(-c2cnc(CNC3CC3)cn2)c(C)c1Cl. The molecule has 2 heterocycles. The number of hydrogen-bond acceptors (Lipinski definition) is 4. The second kappa shape index (κ2) is 4.90. The minimum absolute atomic E-state index is 0.677. The van der Waals surface area contributed by atoms with E-state index in [0.29, 0.717) is 16.9 Å². The lowest BCUT2D eigenvalue weighted by atomic mass is 10.4. The van der Waals surface area contributed by atoms with Gasteiger partial charge in [0.25, 0.3) is 0 Å². The molecule has 19 heavy (non-hydrogen) atoms. The average molecular weight is 278 g/mol. The average Bonchev–Trinajstić information content (AvgIpc) is 3.21. The fraction of sp³-hybridized carbons (Fsp3) is 0.462. The number of nitrogens with zero attached hydrogens (tertiary/aromatic N) is 4. The lowest BCUT2D eigenvalue weighted by Gasteiger charge is -2.05. The van der Waals surface area contributed by atoms with Crippen LogP contribution in [0.25, 0.3) is 5.82 Å². The van der Waals surface area contributed by atoms with Crippen LogP contribution < -0.4 is 5.32 Å². The largest absolute Gasteiger partial charge is 0.308 e. The highest BCUT2D eigenvalue weighted by molar-refractivity contribution is 6.31. The van der Waals surface area contributed by atoms with Gasteiger partial charge in [0.05, 0.1) is 34.5 Å². The molecule has 0 amide bonds. The third-order valence-corrected chi connectivity index (χ3v) is 3.81. The molecule has 1 N–H and O–H groups in total. The lowest BCUT2D eigenvalue weighted by molar-refractivity contribution is 0.669. The van der Waals surface area contributed by atoms with Gasteiger partial charge in [0, 0.05) is 12.6 Å². The minimum atomic E-state index is 0.677. The lowest BCUT2D eigenvalue weighted by Crippen LogP contribution is -2.16. The molecule has 1 aliphatic rings. The van der Waals surface area contributed by atoms with Gasteiger partial charge in [-0.2, -0.15) is 5.10 Å². The van der Waals surface area contributed by atoms with Crippen LogP contribution in [0, 0.1) is 13.8 Å². The first-order valence-corrected chi connectivity index (χ1v) is 6.79. The van der Waals surface area contributed by atoms with Crippen molar-refractivity contribution < 1.29 is 0 Å². The summed E-state index contributed by atoms with van der Waals surface area (Å²) < 4.78 is 1.72. The van der Waals surface area contributed by atoms with Crippen molar-refractivity contribution in [2.75, 3.05) is 0 Å². The predicted molar refractivity (Wildman–Crippen MR) is 73.5 cm³/mol. The van der Waals surface area contributed by atoms with E-state index >= 15 is 0 Å². The van der Waals surface area contributed by atoms with E-state index in [0.717, 1.165) is 23.6 Å². The topological polar surface area (TPSA) is 55.6 Å². The van der Waals surface area contributed by atoms with E-state index in [1.807, 2.05) is 13.8 Å². The molecular formula is C13H16ClN5. The van der Waals surface area contributed by atoms with Crippen molar-refractivity contribution in [3.05, 3.63) is 34.5 Å². The molecular weight excluding hydrogens is 262 g/mol. The number of rotatable bonds is 4. The summed E-state index contributed by atoms with van der Waals surface area (Å²) in [6.07, 6.45) is 6.07. The molecule has 0 atom stereocenters. The normalized spacial score (nSPS) is 14.9. The van der Waals surface area contributed by atoms with Crippen LogP contribution >= 0.6 is 11.6 Å². The van der Waals surface area contributed by atoms with Gasteiger partial charge in [-0.25, -0.2) is 9.67 Å². The molecule has 3 rings (SSSR count). The number of aryl methyl sites for hydroxylation is 1. The Morgan fingerprint density at radius 2 is 2.11 bits per heavy atom. The zero-order valence-electron chi connectivity index (χ0n) is 11.0. The van der Waals surface area contributed by atoms with Gasteiger partial charge in [0.2, 0.25) is 0 Å². The van der Waals surface area contributed by atoms with Gasteiger partial charge < -0.3 is 5.32 Å². The van der Waals surface area contributed by atoms with Crippen LogP contribution in [0.15, 0.2) is 12.4 Å². The van der Waals surface area contributed by atoms with Gasteiger partial charge in [-0.15, -0.1) is 0 Å². The van der Waals surface area contributed by atoms with Crippen molar-refractivity contribution in [3.63, 3.8) is 0 Å². The van der Waals surface area contributed by atoms with Crippen LogP contribution in [0.4, 0.5) is 0 Å². The Hall–Kier alpha value is -1.46. The number of halogens is 1. The van der Waals surface area contributed by atoms with Gasteiger partial charge in [0.15, 0.2) is 5.82 Å². The van der Waals surface area contributed by atoms with Crippen molar-refractivity contribution in [2.45, 2.75) is 39.3 Å². The van der Waals surface area contributed by atoms with Gasteiger partial charge in [-0.1, -0.05) is 11.6 Å². The van der Waals surface area contributed by atoms with Crippen LogP contribution in [0.2, 0.25) is 5.02 Å². The molecule has 1 aliphatic carbocycles. The maximum atomic E-state index is 6.13. The summed E-state index contributed by atoms with van der Waals surface area (Å²) in [5.41, 5.74) is 2.64. The van der Waals surface area contributed by atoms with Crippen LogP contribution in [0.3, 0.4) is 0 Å². The number of aromatic nitrogens is 4. The Bertz CT molecular complexity index is 586. The van der Waals surface area contributed by atoms with Crippen LogP contribution in [0.1, 0.15) is 29.9 Å². The highest BCUT2D eigenvalue weighted by Gasteiger charge is 2.20. The Labute approximate surface area is 117 Å². The molecule has 0 bridgehead atoms. The standard InChI is InChI=1S/C13H16ClN5/c1-8-13(14)9(2)19(18-8)12-7-16-11(6-17-12)5-15-10-3-4-10/h6-7,10,15H,3-5H2,1-2H3. The quantitative estimate of drug-likeness (QED) is 0.931. The van der Waals surface area contributed by atoms with E-state index in [4.69, 9.17) is 11.6 Å². The molecule has 2 aromatic rings. The van der Waals surface area contributed by atoms with Crippen molar-refractivity contribution in [3.8, 4) is 5.82 Å². The number of nitrogens with one attached hydrogen (secondary N) is 1. The fourth-order valence-corrected chi connectivity index (χ4v) is 2.05. The molecule has 0 aliphatic heterocycles. The molecule has 1 fully saturated rings. The molecule has 2 aromatic heterocycles. The van der Waals surface area contributed by atoms with Crippen molar-refractivity contribution in [1.82, 2.24) is 25.1 Å². The van der Waals surface area contributed by atoms with E-state index in [9.17, 15) is 0 Å². The van der Waals surface area contributed by atoms with E-state index in [-0.39, 0.29) is 0 Å². The van der Waals surface area contributed by atoms with Crippen molar-refractivity contribution >= 4 is 11.6 Å². The zero-order valence-corrected chi connectivity index (χ0v) is 11.8. The molecule has 6 heteroatoms. The summed E-state index contributed by atoms with van der Waals surface area (Å²) >= 11 is 6.13. The van der Waals surface area contributed by atoms with Gasteiger partial charge in [-0.3, -0.25) is 4.98 Å². The minimum Gasteiger partial charge on any atom is -0.308 e. The van der Waals surface area contributed by atoms with Crippen LogP contribution in [0.5, 0.6) is 0 Å². The summed E-state index contributed by atoms with van der Waals surface area (Å²) in [7, 11) is 0. The van der Waals surface area contributed by atoms with E-state index < -0.39 is 0 Å². The van der Waals surface area contributed by atoms with E-state index in [2.05, 4.69) is 20.4 Å². The Morgan fingerprint density at radius 3 is 2.63 bits per heavy atom. The van der Waals surface area contributed by atoms with Crippen LogP contribution in [-0.2, 0) is 6.54 Å². The molecule has 0 radical (unpaired) electrons. The smallest absolute Gasteiger partial charge is 0.172 e. The molecule has 0 saturated heterocycles. The molecule has 0 aromatic carbocycles. The van der Waals surface area contributed by atoms with Gasteiger partial charge >= 0.3 is 0 Å². The maximum Gasteiger partial charge on any atom is 0.172 e. The van der Waals surface area contributed by atoms with Crippen molar-refractivity contribution in [2.24, 2.45) is 0 Å². The Kier molecular flexibility index (Phi) is 3.24. The van der Waals surface area contributed by atoms with Gasteiger partial charge in [-0.05, 0) is 26.7 Å². The molecule has 5 nitrogen and oxygen atoms in total. The predicted octanol–water partition coefficient (Wildman–Crippen LogP) is 2.18. The molecule has 100 valence electrons. The first-order chi connectivity index (χ1) is 9.15. The molecule has 0 spiro atoms. The second-order valence-corrected chi connectivity index (χ2v) is 5.30. The zero-order chi connectivity index (χ0) is 13.4. The van der Waals surface area contributed by atoms with E-state index in [1.165, 1.54) is 12.8 Å². The second-order valence-electron chi connectivity index (χ2n) is 4.92. The summed E-state index contributed by atoms with van der Waals surface area (Å²) in [6.45, 7) is 4.58. The Morgan fingerprint density at radius 1 is 1.32 bits per heavy atom. The van der Waals surface area contributed by atoms with Crippen LogP contribution in [-0.4, -0.2) is 25.8 Å². The highest BCUT2D eigenvalue weighted by Crippen LogP contribution is 2.21. The van der Waals surface area contributed by atoms with E-state index in [1.54, 1.807) is 17.1 Å². The monoisotopic (exact) mass is 277 g/mol. The summed E-state index contributed by atoms with van der Waals surface area (Å²) in [6, 6.07) is 0.677. The summed E-state index contributed by atoms with van der Waals surface area (Å²) in [5.74, 6) is 0.697. The van der Waals surface area contributed by atoms with Crippen molar-refractivity contribution in [1.29, 1.82) is 0 Å². The first kappa shape index (κ1) is 12.6. The summed E-state index contributed by atoms with van der Waals surface area (Å²) in [4.78, 5) is 8.81. The molecule has 1 saturated carbocycles. The third kappa shape index (κ3) is 2.62. The fourth-order valence-electron chi connectivity index (χ4n) is 1.93. The third-order valence-electron chi connectivity index (χ3n) is 3.26. The first-order valence-electron chi connectivity index (χ1n) is 6.41. The highest BCUT2D eigenvalue weighted by atomic mass is 35.5. The van der Waals surface area contributed by atoms with Gasteiger partial charge in [0.1, 0.15) is 0 Å². The number of hydrogen-bond donors (Lipinski definition) is 1. The maximum absolute atomic E-state index is 6.13.